The number of esters is 1. The maximum Gasteiger partial charge on any atom is 0.305 e. The number of carbonyl (C=O) groups excluding carboxylic acids is 1. The summed E-state index contributed by atoms with van der Waals surface area (Å²) in [5.41, 5.74) is 0. The number of hydrogen-bond acceptors (Lipinski definition) is 5. The van der Waals surface area contributed by atoms with E-state index in [2.05, 4.69) is 4.74 Å². The van der Waals surface area contributed by atoms with Crippen LogP contribution in [-0.2, 0) is 24.4 Å². The van der Waals surface area contributed by atoms with Gasteiger partial charge in [0.1, 0.15) is 0 Å². The Kier molecular flexibility index (Phi) is 7.27. The van der Waals surface area contributed by atoms with Gasteiger partial charge in [0.25, 0.3) is 0 Å². The SMILES string of the molecule is COC(=O)CCCS(=O)(=O)NOCC(C)C. The van der Waals surface area contributed by atoms with Crippen LogP contribution in [0.5, 0.6) is 0 Å². The Hall–Kier alpha value is -0.660. The average molecular weight is 253 g/mol. The Bertz CT molecular complexity index is 299. The summed E-state index contributed by atoms with van der Waals surface area (Å²) in [7, 11) is -2.20. The summed E-state index contributed by atoms with van der Waals surface area (Å²) in [4.78, 5) is 17.5. The summed E-state index contributed by atoms with van der Waals surface area (Å²) in [5.74, 6) is -0.323. The maximum atomic E-state index is 11.3. The normalized spacial score (nSPS) is 11.8. The minimum absolute atomic E-state index is 0.0849. The fourth-order valence-electron chi connectivity index (χ4n) is 0.841. The first-order valence-corrected chi connectivity index (χ1v) is 6.70. The molecule has 0 radical (unpaired) electrons. The highest BCUT2D eigenvalue weighted by molar-refractivity contribution is 7.89. The second kappa shape index (κ2) is 7.59. The van der Waals surface area contributed by atoms with Crippen LogP contribution in [0.25, 0.3) is 0 Å². The lowest BCUT2D eigenvalue weighted by Crippen LogP contribution is -2.28. The lowest BCUT2D eigenvalue weighted by Gasteiger charge is -2.08. The highest BCUT2D eigenvalue weighted by Crippen LogP contribution is 1.97. The topological polar surface area (TPSA) is 81.7 Å². The standard InChI is InChI=1S/C9H19NO5S/c1-8(2)7-15-10-16(12,13)6-4-5-9(11)14-3/h8,10H,4-7H2,1-3H3. The summed E-state index contributed by atoms with van der Waals surface area (Å²) in [6, 6.07) is 0. The third-order valence-corrected chi connectivity index (χ3v) is 2.82. The molecule has 0 heterocycles. The molecule has 0 aromatic heterocycles. The smallest absolute Gasteiger partial charge is 0.305 e. The molecule has 0 saturated heterocycles. The summed E-state index contributed by atoms with van der Waals surface area (Å²) < 4.78 is 27.0. The summed E-state index contributed by atoms with van der Waals surface area (Å²) in [5, 5.41) is 0. The second-order valence-corrected chi connectivity index (χ2v) is 5.59. The van der Waals surface area contributed by atoms with Gasteiger partial charge in [0.15, 0.2) is 0 Å². The number of sulfonamides is 1. The van der Waals surface area contributed by atoms with Gasteiger partial charge in [-0.05, 0) is 12.3 Å². The van der Waals surface area contributed by atoms with E-state index in [1.807, 2.05) is 18.7 Å². The molecule has 0 aromatic rings. The molecule has 0 aromatic carbocycles. The highest BCUT2D eigenvalue weighted by Gasteiger charge is 2.11. The van der Waals surface area contributed by atoms with Crippen molar-refractivity contribution in [2.24, 2.45) is 5.92 Å². The molecule has 0 rings (SSSR count). The van der Waals surface area contributed by atoms with E-state index in [9.17, 15) is 13.2 Å². The van der Waals surface area contributed by atoms with E-state index in [1.165, 1.54) is 7.11 Å². The van der Waals surface area contributed by atoms with Crippen LogP contribution in [0.1, 0.15) is 26.7 Å². The van der Waals surface area contributed by atoms with E-state index in [0.29, 0.717) is 6.61 Å². The van der Waals surface area contributed by atoms with Crippen molar-refractivity contribution >= 4 is 16.0 Å². The lowest BCUT2D eigenvalue weighted by molar-refractivity contribution is -0.140. The van der Waals surface area contributed by atoms with Crippen molar-refractivity contribution in [3.05, 3.63) is 0 Å². The average Bonchev–Trinajstić information content (AvgIpc) is 2.16. The first kappa shape index (κ1) is 15.3. The van der Waals surface area contributed by atoms with Gasteiger partial charge in [0.2, 0.25) is 10.0 Å². The second-order valence-electron chi connectivity index (χ2n) is 3.79. The number of methoxy groups -OCH3 is 1. The van der Waals surface area contributed by atoms with Gasteiger partial charge in [-0.1, -0.05) is 18.7 Å². The van der Waals surface area contributed by atoms with Crippen molar-refractivity contribution in [3.8, 4) is 0 Å². The molecule has 0 aliphatic carbocycles. The Balaban J connectivity index is 3.75. The molecule has 7 heteroatoms. The van der Waals surface area contributed by atoms with Crippen LogP contribution < -0.4 is 4.89 Å². The molecule has 1 N–H and O–H groups in total. The quantitative estimate of drug-likeness (QED) is 0.501. The zero-order chi connectivity index (χ0) is 12.6. The van der Waals surface area contributed by atoms with Gasteiger partial charge < -0.3 is 4.74 Å². The number of nitrogens with one attached hydrogen (secondary N) is 1. The number of carbonyl (C=O) groups is 1. The molecule has 0 atom stereocenters. The van der Waals surface area contributed by atoms with Crippen molar-refractivity contribution in [1.82, 2.24) is 4.89 Å². The van der Waals surface area contributed by atoms with Crippen molar-refractivity contribution in [2.75, 3.05) is 19.5 Å². The van der Waals surface area contributed by atoms with Gasteiger partial charge in [0, 0.05) is 6.42 Å². The van der Waals surface area contributed by atoms with E-state index in [-0.39, 0.29) is 24.5 Å². The Morgan fingerprint density at radius 3 is 2.50 bits per heavy atom. The van der Waals surface area contributed by atoms with Crippen molar-refractivity contribution in [1.29, 1.82) is 0 Å². The van der Waals surface area contributed by atoms with Gasteiger partial charge in [-0.25, -0.2) is 8.42 Å². The van der Waals surface area contributed by atoms with Gasteiger partial charge in [0.05, 0.1) is 19.5 Å². The predicted molar refractivity (Wildman–Crippen MR) is 59.0 cm³/mol. The molecule has 96 valence electrons. The number of rotatable bonds is 8. The Morgan fingerprint density at radius 2 is 2.00 bits per heavy atom. The van der Waals surface area contributed by atoms with Gasteiger partial charge >= 0.3 is 5.97 Å². The van der Waals surface area contributed by atoms with Crippen molar-refractivity contribution in [2.45, 2.75) is 26.7 Å². The molecule has 0 bridgehead atoms. The fraction of sp³-hybridized carbons (Fsp3) is 0.889. The highest BCUT2D eigenvalue weighted by atomic mass is 32.2. The van der Waals surface area contributed by atoms with Crippen molar-refractivity contribution < 1.29 is 22.8 Å². The summed E-state index contributed by atoms with van der Waals surface area (Å²) in [6.07, 6.45) is 0.300. The zero-order valence-electron chi connectivity index (χ0n) is 9.86. The molecule has 0 aliphatic heterocycles. The minimum Gasteiger partial charge on any atom is -0.469 e. The van der Waals surface area contributed by atoms with E-state index in [1.54, 1.807) is 0 Å². The van der Waals surface area contributed by atoms with E-state index in [0.717, 1.165) is 0 Å². The molecule has 6 nitrogen and oxygen atoms in total. The van der Waals surface area contributed by atoms with Crippen LogP contribution in [0.4, 0.5) is 0 Å². The molecular weight excluding hydrogens is 234 g/mol. The lowest BCUT2D eigenvalue weighted by atomic mass is 10.2. The van der Waals surface area contributed by atoms with E-state index < -0.39 is 16.0 Å². The molecule has 16 heavy (non-hydrogen) atoms. The van der Waals surface area contributed by atoms with Gasteiger partial charge in [-0.15, -0.1) is 0 Å². The number of ether oxygens (including phenoxy) is 1. The molecular formula is C9H19NO5S. The molecule has 0 fully saturated rings. The predicted octanol–water partition coefficient (Wildman–Crippen LogP) is 0.447. The number of hydrogen-bond donors (Lipinski definition) is 1. The fourth-order valence-corrected chi connectivity index (χ4v) is 1.70. The zero-order valence-corrected chi connectivity index (χ0v) is 10.7. The third kappa shape index (κ3) is 8.63. The van der Waals surface area contributed by atoms with Crippen LogP contribution in [0, 0.1) is 5.92 Å². The largest absolute Gasteiger partial charge is 0.469 e. The molecule has 0 spiro atoms. The summed E-state index contributed by atoms with van der Waals surface area (Å²) >= 11 is 0. The molecule has 0 saturated carbocycles. The van der Waals surface area contributed by atoms with E-state index >= 15 is 0 Å². The molecule has 0 amide bonds. The van der Waals surface area contributed by atoms with Crippen LogP contribution in [0.2, 0.25) is 0 Å². The Labute approximate surface area is 96.3 Å². The van der Waals surface area contributed by atoms with Crippen LogP contribution in [0.15, 0.2) is 0 Å². The van der Waals surface area contributed by atoms with Crippen LogP contribution in [0.3, 0.4) is 0 Å². The van der Waals surface area contributed by atoms with E-state index in [4.69, 9.17) is 4.84 Å². The van der Waals surface area contributed by atoms with Gasteiger partial charge in [-0.3, -0.25) is 9.63 Å². The Morgan fingerprint density at radius 1 is 1.38 bits per heavy atom. The van der Waals surface area contributed by atoms with Crippen molar-refractivity contribution in [3.63, 3.8) is 0 Å². The van der Waals surface area contributed by atoms with Gasteiger partial charge in [-0.2, -0.15) is 0 Å². The molecule has 0 aliphatic rings. The third-order valence-electron chi connectivity index (χ3n) is 1.62. The van der Waals surface area contributed by atoms with Crippen LogP contribution in [-0.4, -0.2) is 33.9 Å². The first-order chi connectivity index (χ1) is 7.37. The first-order valence-electron chi connectivity index (χ1n) is 5.05. The van der Waals surface area contributed by atoms with Crippen LogP contribution >= 0.6 is 0 Å². The monoisotopic (exact) mass is 253 g/mol. The summed E-state index contributed by atoms with van der Waals surface area (Å²) in [6.45, 7) is 4.13. The maximum absolute atomic E-state index is 11.3. The minimum atomic E-state index is -3.46. The molecule has 0 unspecified atom stereocenters.